The van der Waals surface area contributed by atoms with Crippen LogP contribution in [0.25, 0.3) is 11.0 Å². The second kappa shape index (κ2) is 7.40. The van der Waals surface area contributed by atoms with Crippen molar-refractivity contribution >= 4 is 34.4 Å². The lowest BCUT2D eigenvalue weighted by molar-refractivity contribution is -0.113. The summed E-state index contributed by atoms with van der Waals surface area (Å²) < 4.78 is 5.48. The number of nitrogens with zero attached hydrogens (tertiary/aromatic N) is 1. The highest BCUT2D eigenvalue weighted by Crippen LogP contribution is 2.23. The number of ether oxygens (including phenoxy) is 1. The molecular formula is C18H19N3O2S. The zero-order chi connectivity index (χ0) is 16.9. The second-order valence-electron chi connectivity index (χ2n) is 5.36. The third kappa shape index (κ3) is 4.08. The Bertz CT molecular complexity index is 843. The molecule has 2 N–H and O–H groups in total. The molecule has 5 nitrogen and oxygen atoms in total. The quantitative estimate of drug-likeness (QED) is 0.665. The summed E-state index contributed by atoms with van der Waals surface area (Å²) in [6.07, 6.45) is 0. The topological polar surface area (TPSA) is 67.0 Å². The lowest BCUT2D eigenvalue weighted by atomic mass is 10.2. The molecule has 3 rings (SSSR count). The van der Waals surface area contributed by atoms with Crippen molar-refractivity contribution < 1.29 is 9.53 Å². The van der Waals surface area contributed by atoms with Crippen LogP contribution in [0, 0.1) is 6.92 Å². The average molecular weight is 341 g/mol. The van der Waals surface area contributed by atoms with Gasteiger partial charge in [-0.25, -0.2) is 4.98 Å². The summed E-state index contributed by atoms with van der Waals surface area (Å²) in [4.78, 5) is 19.7. The highest BCUT2D eigenvalue weighted by Gasteiger charge is 2.08. The standard InChI is InChI=1S/C18H19N3O2S/c1-3-23-14-8-9-15-16(10-14)21-18(20-15)24-11-17(22)19-13-6-4-12(2)5-7-13/h4-10H,3,11H2,1-2H3,(H,19,22)(H,20,21). The van der Waals surface area contributed by atoms with E-state index < -0.39 is 0 Å². The van der Waals surface area contributed by atoms with Crippen molar-refractivity contribution in [2.45, 2.75) is 19.0 Å². The fraction of sp³-hybridized carbons (Fsp3) is 0.222. The Balaban J connectivity index is 1.60. The second-order valence-corrected chi connectivity index (χ2v) is 6.32. The van der Waals surface area contributed by atoms with Crippen molar-refractivity contribution in [1.82, 2.24) is 9.97 Å². The van der Waals surface area contributed by atoms with E-state index in [0.717, 1.165) is 33.2 Å². The van der Waals surface area contributed by atoms with Crippen LogP contribution >= 0.6 is 11.8 Å². The van der Waals surface area contributed by atoms with Gasteiger partial charge in [0, 0.05) is 11.8 Å². The van der Waals surface area contributed by atoms with Crippen LogP contribution in [0.1, 0.15) is 12.5 Å². The summed E-state index contributed by atoms with van der Waals surface area (Å²) >= 11 is 1.38. The van der Waals surface area contributed by atoms with Crippen LogP contribution in [0.3, 0.4) is 0 Å². The fourth-order valence-corrected chi connectivity index (χ4v) is 2.94. The number of benzene rings is 2. The van der Waals surface area contributed by atoms with Crippen LogP contribution < -0.4 is 10.1 Å². The number of H-pyrrole nitrogens is 1. The summed E-state index contributed by atoms with van der Waals surface area (Å²) in [7, 11) is 0. The maximum Gasteiger partial charge on any atom is 0.234 e. The van der Waals surface area contributed by atoms with Gasteiger partial charge in [0.2, 0.25) is 5.91 Å². The molecule has 0 atom stereocenters. The number of hydrogen-bond donors (Lipinski definition) is 2. The van der Waals surface area contributed by atoms with Gasteiger partial charge in [0.15, 0.2) is 5.16 Å². The van der Waals surface area contributed by atoms with Gasteiger partial charge in [-0.3, -0.25) is 4.79 Å². The number of amides is 1. The Morgan fingerprint density at radius 1 is 1.25 bits per heavy atom. The first kappa shape index (κ1) is 16.4. The van der Waals surface area contributed by atoms with E-state index in [1.807, 2.05) is 56.3 Å². The van der Waals surface area contributed by atoms with Crippen LogP contribution in [0.2, 0.25) is 0 Å². The zero-order valence-electron chi connectivity index (χ0n) is 13.6. The molecule has 1 aromatic heterocycles. The molecule has 6 heteroatoms. The van der Waals surface area contributed by atoms with Gasteiger partial charge < -0.3 is 15.0 Å². The first-order valence-electron chi connectivity index (χ1n) is 7.76. The molecule has 124 valence electrons. The molecular weight excluding hydrogens is 322 g/mol. The Morgan fingerprint density at radius 3 is 2.79 bits per heavy atom. The van der Waals surface area contributed by atoms with Crippen LogP contribution in [0.5, 0.6) is 5.75 Å². The maximum atomic E-state index is 12.0. The average Bonchev–Trinajstić information content (AvgIpc) is 2.98. The molecule has 0 aliphatic carbocycles. The van der Waals surface area contributed by atoms with Crippen molar-refractivity contribution in [2.24, 2.45) is 0 Å². The maximum absolute atomic E-state index is 12.0. The summed E-state index contributed by atoms with van der Waals surface area (Å²) in [5, 5.41) is 3.60. The molecule has 1 heterocycles. The van der Waals surface area contributed by atoms with E-state index in [9.17, 15) is 4.79 Å². The SMILES string of the molecule is CCOc1ccc2nc(SCC(=O)Nc3ccc(C)cc3)[nH]c2c1. The van der Waals surface area contributed by atoms with Gasteiger partial charge in [-0.1, -0.05) is 29.5 Å². The van der Waals surface area contributed by atoms with Gasteiger partial charge in [-0.2, -0.15) is 0 Å². The van der Waals surface area contributed by atoms with Crippen LogP contribution in [0.15, 0.2) is 47.6 Å². The number of carbonyl (C=O) groups is 1. The van der Waals surface area contributed by atoms with Crippen LogP contribution in [-0.4, -0.2) is 28.2 Å². The lowest BCUT2D eigenvalue weighted by Crippen LogP contribution is -2.14. The van der Waals surface area contributed by atoms with Crippen LogP contribution in [-0.2, 0) is 4.79 Å². The molecule has 0 aliphatic rings. The molecule has 0 fully saturated rings. The molecule has 0 saturated heterocycles. The van der Waals surface area contributed by atoms with Gasteiger partial charge >= 0.3 is 0 Å². The van der Waals surface area contributed by atoms with E-state index in [-0.39, 0.29) is 5.91 Å². The van der Waals surface area contributed by atoms with Crippen molar-refractivity contribution in [3.63, 3.8) is 0 Å². The van der Waals surface area contributed by atoms with E-state index in [4.69, 9.17) is 4.74 Å². The highest BCUT2D eigenvalue weighted by atomic mass is 32.2. The Labute approximate surface area is 144 Å². The first-order chi connectivity index (χ1) is 11.6. The first-order valence-corrected chi connectivity index (χ1v) is 8.74. The van der Waals surface area contributed by atoms with E-state index in [1.54, 1.807) is 0 Å². The molecule has 24 heavy (non-hydrogen) atoms. The predicted molar refractivity (Wildman–Crippen MR) is 97.8 cm³/mol. The smallest absolute Gasteiger partial charge is 0.234 e. The molecule has 0 spiro atoms. The summed E-state index contributed by atoms with van der Waals surface area (Å²) in [6.45, 7) is 4.59. The number of nitrogens with one attached hydrogen (secondary N) is 2. The number of rotatable bonds is 6. The Hall–Kier alpha value is -2.47. The van der Waals surface area contributed by atoms with Gasteiger partial charge in [-0.15, -0.1) is 0 Å². The molecule has 3 aromatic rings. The number of thioether (sulfide) groups is 1. The number of aromatic amines is 1. The summed E-state index contributed by atoms with van der Waals surface area (Å²) in [5.41, 5.74) is 3.73. The van der Waals surface area contributed by atoms with Gasteiger partial charge in [0.05, 0.1) is 23.4 Å². The number of aromatic nitrogens is 2. The third-order valence-corrected chi connectivity index (χ3v) is 4.29. The Morgan fingerprint density at radius 2 is 2.04 bits per heavy atom. The number of fused-ring (bicyclic) bond motifs is 1. The van der Waals surface area contributed by atoms with Crippen molar-refractivity contribution in [2.75, 3.05) is 17.7 Å². The lowest BCUT2D eigenvalue weighted by Gasteiger charge is -2.04. The van der Waals surface area contributed by atoms with Crippen LogP contribution in [0.4, 0.5) is 5.69 Å². The van der Waals surface area contributed by atoms with Gasteiger partial charge in [0.1, 0.15) is 5.75 Å². The fourth-order valence-electron chi connectivity index (χ4n) is 2.26. The number of aryl methyl sites for hydroxylation is 1. The summed E-state index contributed by atoms with van der Waals surface area (Å²) in [5.74, 6) is 1.05. The Kier molecular flexibility index (Phi) is 5.05. The van der Waals surface area contributed by atoms with E-state index in [2.05, 4.69) is 15.3 Å². The summed E-state index contributed by atoms with van der Waals surface area (Å²) in [6, 6.07) is 13.5. The van der Waals surface area contributed by atoms with Crippen molar-refractivity contribution in [3.05, 3.63) is 48.0 Å². The highest BCUT2D eigenvalue weighted by molar-refractivity contribution is 7.99. The number of imidazole rings is 1. The minimum absolute atomic E-state index is 0.0562. The molecule has 0 saturated carbocycles. The zero-order valence-corrected chi connectivity index (χ0v) is 14.4. The minimum Gasteiger partial charge on any atom is -0.494 e. The monoisotopic (exact) mass is 341 g/mol. The number of anilines is 1. The molecule has 0 aliphatic heterocycles. The van der Waals surface area contributed by atoms with Crippen molar-refractivity contribution in [3.8, 4) is 5.75 Å². The minimum atomic E-state index is -0.0562. The number of hydrogen-bond acceptors (Lipinski definition) is 4. The van der Waals surface area contributed by atoms with Crippen molar-refractivity contribution in [1.29, 1.82) is 0 Å². The van der Waals surface area contributed by atoms with E-state index in [1.165, 1.54) is 11.8 Å². The largest absolute Gasteiger partial charge is 0.494 e. The third-order valence-electron chi connectivity index (χ3n) is 3.42. The normalized spacial score (nSPS) is 10.8. The van der Waals surface area contributed by atoms with E-state index >= 15 is 0 Å². The van der Waals surface area contributed by atoms with E-state index in [0.29, 0.717) is 12.4 Å². The molecule has 1 amide bonds. The molecule has 2 aromatic carbocycles. The predicted octanol–water partition coefficient (Wildman–Crippen LogP) is 4.00. The molecule has 0 bridgehead atoms. The molecule has 0 radical (unpaired) electrons. The van der Waals surface area contributed by atoms with Gasteiger partial charge in [0.25, 0.3) is 0 Å². The number of carbonyl (C=O) groups excluding carboxylic acids is 1. The molecule has 0 unspecified atom stereocenters. The van der Waals surface area contributed by atoms with Gasteiger partial charge in [-0.05, 0) is 38.1 Å².